The number of aromatic nitrogens is 1. The van der Waals surface area contributed by atoms with E-state index in [1.165, 1.54) is 30.3 Å². The van der Waals surface area contributed by atoms with Crippen molar-refractivity contribution in [1.29, 1.82) is 0 Å². The van der Waals surface area contributed by atoms with E-state index in [-0.39, 0.29) is 5.69 Å². The number of nitrogens with zero attached hydrogens (tertiary/aromatic N) is 2. The third-order valence-electron chi connectivity index (χ3n) is 7.07. The summed E-state index contributed by atoms with van der Waals surface area (Å²) in [7, 11) is 0. The lowest BCUT2D eigenvalue weighted by atomic mass is 9.83. The van der Waals surface area contributed by atoms with Crippen molar-refractivity contribution in [3.63, 3.8) is 0 Å². The smallest absolute Gasteiger partial charge is 0.325 e. The highest BCUT2D eigenvalue weighted by Crippen LogP contribution is 2.53. The van der Waals surface area contributed by atoms with Gasteiger partial charge >= 0.3 is 11.0 Å². The second-order valence-corrected chi connectivity index (χ2v) is 11.8. The molecule has 1 saturated heterocycles. The highest BCUT2D eigenvalue weighted by atomic mass is 32.2. The third kappa shape index (κ3) is 4.92. The van der Waals surface area contributed by atoms with E-state index in [1.807, 2.05) is 0 Å². The number of carbonyl (C=O) groups excluding carboxylic acids is 3. The number of halogens is 4. The molecule has 1 fully saturated rings. The van der Waals surface area contributed by atoms with Gasteiger partial charge in [0.2, 0.25) is 17.7 Å². The molecular weight excluding hydrogens is 594 g/mol. The topological polar surface area (TPSA) is 88.5 Å². The number of fused-ring (bicyclic) bond motifs is 2. The van der Waals surface area contributed by atoms with E-state index in [0.29, 0.717) is 21.2 Å². The fraction of sp³-hybridized carbons (Fsp3) is 0.172. The summed E-state index contributed by atoms with van der Waals surface area (Å²) in [5, 5.41) is 1.76. The molecule has 4 aromatic rings. The van der Waals surface area contributed by atoms with Gasteiger partial charge in [0.1, 0.15) is 17.6 Å². The predicted molar refractivity (Wildman–Crippen MR) is 149 cm³/mol. The number of amides is 3. The summed E-state index contributed by atoms with van der Waals surface area (Å²) < 4.78 is 54.3. The summed E-state index contributed by atoms with van der Waals surface area (Å²) in [5.74, 6) is -3.88. The molecule has 6 rings (SSSR count). The standard InChI is InChI=1S/C29H19F4N3O4S2/c30-17-11-9-15(10-12-17)21-22-23(26(39)36(25(22)38)19-7-2-1-3-8-19)41-27-24(21)42-28(40)35(27)14-20(37)34-18-6-4-5-16(13-18)29(31,32)33/h1-13,21-23H,14H2,(H,34,37)/t21-,22-,23+/m0/s1. The Labute approximate surface area is 243 Å². The van der Waals surface area contributed by atoms with Crippen LogP contribution in [0.2, 0.25) is 0 Å². The minimum Gasteiger partial charge on any atom is -0.325 e. The SMILES string of the molecule is O=C(Cn1c2c(sc1=O)[C@@H](c1ccc(F)cc1)[C@@H]1C(=O)N(c3ccccc3)C(=O)[C@@H]1S2)Nc1cccc(C(F)(F)F)c1. The molecule has 0 saturated carbocycles. The molecular formula is C29H19F4N3O4S2. The number of alkyl halides is 3. The van der Waals surface area contributed by atoms with Crippen molar-refractivity contribution in [1.82, 2.24) is 4.57 Å². The zero-order chi connectivity index (χ0) is 29.8. The van der Waals surface area contributed by atoms with Crippen LogP contribution in [-0.2, 0) is 27.1 Å². The second kappa shape index (κ2) is 10.6. The highest BCUT2D eigenvalue weighted by Gasteiger charge is 2.56. The number of thioether (sulfide) groups is 1. The van der Waals surface area contributed by atoms with E-state index in [4.69, 9.17) is 0 Å². The quantitative estimate of drug-likeness (QED) is 0.237. The lowest BCUT2D eigenvalue weighted by molar-refractivity contribution is -0.137. The molecule has 3 heterocycles. The van der Waals surface area contributed by atoms with Crippen molar-refractivity contribution in [2.75, 3.05) is 10.2 Å². The first-order chi connectivity index (χ1) is 20.0. The van der Waals surface area contributed by atoms with Gasteiger partial charge in [0.25, 0.3) is 0 Å². The van der Waals surface area contributed by atoms with E-state index in [9.17, 15) is 36.7 Å². The largest absolute Gasteiger partial charge is 0.416 e. The number of thiazole rings is 1. The van der Waals surface area contributed by atoms with Gasteiger partial charge in [-0.2, -0.15) is 13.2 Å². The van der Waals surface area contributed by atoms with Crippen molar-refractivity contribution >= 4 is 52.2 Å². The average Bonchev–Trinajstić information content (AvgIpc) is 3.40. The zero-order valence-electron chi connectivity index (χ0n) is 21.3. The zero-order valence-corrected chi connectivity index (χ0v) is 22.9. The Hall–Kier alpha value is -4.23. The molecule has 214 valence electrons. The molecule has 3 aromatic carbocycles. The molecule has 42 heavy (non-hydrogen) atoms. The fourth-order valence-corrected chi connectivity index (χ4v) is 8.01. The molecule has 7 nitrogen and oxygen atoms in total. The summed E-state index contributed by atoms with van der Waals surface area (Å²) in [4.78, 5) is 54.5. The van der Waals surface area contributed by atoms with Gasteiger partial charge < -0.3 is 5.32 Å². The molecule has 0 radical (unpaired) electrons. The van der Waals surface area contributed by atoms with Crippen LogP contribution >= 0.6 is 23.1 Å². The van der Waals surface area contributed by atoms with Crippen LogP contribution in [0, 0.1) is 11.7 Å². The summed E-state index contributed by atoms with van der Waals surface area (Å²) in [6, 6.07) is 18.0. The fourth-order valence-electron chi connectivity index (χ4n) is 5.23. The molecule has 2 aliphatic heterocycles. The second-order valence-electron chi connectivity index (χ2n) is 9.69. The van der Waals surface area contributed by atoms with E-state index >= 15 is 0 Å². The van der Waals surface area contributed by atoms with Gasteiger partial charge in [-0.3, -0.25) is 23.7 Å². The molecule has 0 bridgehead atoms. The van der Waals surface area contributed by atoms with Crippen LogP contribution in [-0.4, -0.2) is 27.5 Å². The van der Waals surface area contributed by atoms with Crippen molar-refractivity contribution in [3.8, 4) is 0 Å². The van der Waals surface area contributed by atoms with Gasteiger partial charge in [0.15, 0.2) is 0 Å². The minimum atomic E-state index is -4.61. The lowest BCUT2D eigenvalue weighted by Gasteiger charge is -2.30. The summed E-state index contributed by atoms with van der Waals surface area (Å²) in [5.41, 5.74) is -0.132. The Morgan fingerprint density at radius 3 is 2.31 bits per heavy atom. The molecule has 0 spiro atoms. The highest BCUT2D eigenvalue weighted by molar-refractivity contribution is 8.00. The van der Waals surface area contributed by atoms with E-state index < -0.39 is 63.8 Å². The van der Waals surface area contributed by atoms with Crippen LogP contribution in [0.4, 0.5) is 28.9 Å². The number of imide groups is 1. The molecule has 13 heteroatoms. The molecule has 3 atom stereocenters. The Kier molecular flexibility index (Phi) is 7.01. The Bertz CT molecular complexity index is 1770. The van der Waals surface area contributed by atoms with E-state index in [0.717, 1.165) is 50.8 Å². The number of hydrogen-bond acceptors (Lipinski definition) is 6. The van der Waals surface area contributed by atoms with Gasteiger partial charge in [0, 0.05) is 16.5 Å². The van der Waals surface area contributed by atoms with Crippen molar-refractivity contribution in [2.45, 2.75) is 28.9 Å². The third-order valence-corrected chi connectivity index (χ3v) is 9.67. The molecule has 0 aliphatic carbocycles. The van der Waals surface area contributed by atoms with Crippen LogP contribution in [0.1, 0.15) is 21.9 Å². The Morgan fingerprint density at radius 1 is 0.905 bits per heavy atom. The van der Waals surface area contributed by atoms with Crippen molar-refractivity contribution in [2.24, 2.45) is 5.92 Å². The number of anilines is 2. The summed E-state index contributed by atoms with van der Waals surface area (Å²) in [6.07, 6.45) is -4.61. The van der Waals surface area contributed by atoms with Gasteiger partial charge in [-0.05, 0) is 48.0 Å². The number of hydrogen-bond donors (Lipinski definition) is 1. The maximum Gasteiger partial charge on any atom is 0.416 e. The summed E-state index contributed by atoms with van der Waals surface area (Å²) >= 11 is 1.81. The summed E-state index contributed by atoms with van der Waals surface area (Å²) in [6.45, 7) is -0.536. The van der Waals surface area contributed by atoms with E-state index in [1.54, 1.807) is 30.3 Å². The number of carbonyl (C=O) groups is 3. The van der Waals surface area contributed by atoms with Crippen LogP contribution in [0.25, 0.3) is 0 Å². The minimum absolute atomic E-state index is 0.0982. The van der Waals surface area contributed by atoms with Gasteiger partial charge in [-0.15, -0.1) is 0 Å². The first kappa shape index (κ1) is 27.9. The molecule has 1 N–H and O–H groups in total. The van der Waals surface area contributed by atoms with Crippen LogP contribution in [0.3, 0.4) is 0 Å². The first-order valence-corrected chi connectivity index (χ1v) is 14.3. The van der Waals surface area contributed by atoms with Crippen molar-refractivity contribution in [3.05, 3.63) is 110 Å². The maximum absolute atomic E-state index is 13.8. The van der Waals surface area contributed by atoms with Crippen LogP contribution in [0.5, 0.6) is 0 Å². The average molecular weight is 614 g/mol. The molecule has 0 unspecified atom stereocenters. The number of para-hydroxylation sites is 1. The van der Waals surface area contributed by atoms with Crippen molar-refractivity contribution < 1.29 is 31.9 Å². The first-order valence-electron chi connectivity index (χ1n) is 12.6. The number of benzene rings is 3. The maximum atomic E-state index is 13.8. The van der Waals surface area contributed by atoms with Gasteiger partial charge in [-0.25, -0.2) is 9.29 Å². The normalized spacial score (nSPS) is 19.9. The Balaban J connectivity index is 1.37. The molecule has 2 aliphatic rings. The lowest BCUT2D eigenvalue weighted by Crippen LogP contribution is -2.33. The number of rotatable bonds is 5. The Morgan fingerprint density at radius 2 is 1.62 bits per heavy atom. The van der Waals surface area contributed by atoms with Crippen LogP contribution in [0.15, 0.2) is 88.7 Å². The molecule has 3 amide bonds. The van der Waals surface area contributed by atoms with E-state index in [2.05, 4.69) is 5.32 Å². The van der Waals surface area contributed by atoms with Gasteiger partial charge in [0.05, 0.1) is 22.2 Å². The number of nitrogens with one attached hydrogen (secondary N) is 1. The van der Waals surface area contributed by atoms with Gasteiger partial charge in [-0.1, -0.05) is 59.5 Å². The molecule has 1 aromatic heterocycles. The monoisotopic (exact) mass is 613 g/mol. The predicted octanol–water partition coefficient (Wildman–Crippen LogP) is 5.50. The van der Waals surface area contributed by atoms with Crippen LogP contribution < -0.4 is 15.1 Å².